The van der Waals surface area contributed by atoms with E-state index in [4.69, 9.17) is 15.9 Å². The lowest BCUT2D eigenvalue weighted by Gasteiger charge is -2.31. The summed E-state index contributed by atoms with van der Waals surface area (Å²) < 4.78 is 4.93. The highest BCUT2D eigenvalue weighted by molar-refractivity contribution is 8.76. The number of carboxylic acid groups (broad SMARTS) is 2. The average molecular weight is 1130 g/mol. The van der Waals surface area contributed by atoms with Crippen molar-refractivity contribution >= 4 is 121 Å². The lowest BCUT2D eigenvalue weighted by molar-refractivity contribution is -0.143. The molecule has 2 aliphatic heterocycles. The number of guanidine groups is 1. The monoisotopic (exact) mass is 1130 g/mol. The quantitative estimate of drug-likeness (QED) is 0.0326. The Bertz CT molecular complexity index is 2520. The Hall–Kier alpha value is -7.38. The molecule has 0 aliphatic carbocycles. The van der Waals surface area contributed by atoms with Gasteiger partial charge >= 0.3 is 11.9 Å². The maximum absolute atomic E-state index is 14.6. The molecule has 7 atom stereocenters. The molecule has 2 heterocycles. The second-order valence-corrected chi connectivity index (χ2v) is 20.9. The van der Waals surface area contributed by atoms with Gasteiger partial charge in [0, 0.05) is 50.9 Å². The summed E-state index contributed by atoms with van der Waals surface area (Å²) in [5.74, 6) is -14.8. The largest absolute Gasteiger partial charge is 0.481 e. The minimum atomic E-state index is -1.84. The van der Waals surface area contributed by atoms with Crippen LogP contribution in [0.25, 0.3) is 10.8 Å². The number of nitrogens with zero attached hydrogens (tertiary/aromatic N) is 1. The van der Waals surface area contributed by atoms with Crippen LogP contribution in [0, 0.1) is 5.41 Å². The number of likely N-dealkylation sites (N-methyl/N-ethyl adjacent to an activating group) is 1. The highest BCUT2D eigenvalue weighted by Crippen LogP contribution is 2.25. The zero-order valence-electron chi connectivity index (χ0n) is 41.9. The molecule has 4 rings (SSSR count). The van der Waals surface area contributed by atoms with Gasteiger partial charge in [-0.2, -0.15) is 0 Å². The summed E-state index contributed by atoms with van der Waals surface area (Å²) in [4.78, 5) is 164. The number of hydrogen-bond donors (Lipinski definition) is 14. The van der Waals surface area contributed by atoms with Crippen molar-refractivity contribution < 1.29 is 72.5 Å². The van der Waals surface area contributed by atoms with Gasteiger partial charge < -0.3 is 78.8 Å². The number of ether oxygens (including phenoxy) is 1. The standard InChI is InChI=1S/C46H63N13O15S3/c1-59-33(11-6-12-50-46(47)48)44(72)52-19-35(61)53-28(16-37(63)64)41(69)57-31-21-76-77-22-32(45(59)73)58-42(70)29(17-38(65)66)54-36(62)23-75-20-30(39(67)51-18-34(60)49-13-14-74-2)56-40(68)27(55-43(31)71)15-25-9-5-8-24-7-3-4-10-26(24)25/h3-5,7-10,27-33H,6,11-23H2,1-2H3,(H,49,60)(H,51,67)(H,52,72)(H,53,61)(H,54,62)(H,55,71)(H,56,68)(H,57,69)(H,58,70)(H,63,64)(H,65,66)(H4,47,48,50). The molecule has 2 fully saturated rings. The third-order valence-electron chi connectivity index (χ3n) is 11.5. The van der Waals surface area contributed by atoms with Gasteiger partial charge in [-0.25, -0.2) is 0 Å². The molecule has 31 heteroatoms. The second-order valence-electron chi connectivity index (χ2n) is 17.3. The number of aliphatic carboxylic acids is 2. The minimum absolute atomic E-state index is 0.0563. The number of amides is 10. The van der Waals surface area contributed by atoms with E-state index in [1.165, 1.54) is 14.2 Å². The molecule has 2 bridgehead atoms. The number of nitrogens with one attached hydrogen (secondary N) is 11. The highest BCUT2D eigenvalue weighted by Gasteiger charge is 2.37. The van der Waals surface area contributed by atoms with Crippen molar-refractivity contribution in [3.63, 3.8) is 0 Å². The van der Waals surface area contributed by atoms with Gasteiger partial charge in [0.2, 0.25) is 59.1 Å². The number of carbonyl (C=O) groups is 12. The van der Waals surface area contributed by atoms with Crippen LogP contribution in [0.5, 0.6) is 0 Å². The number of hydrogen-bond acceptors (Lipinski definition) is 17. The van der Waals surface area contributed by atoms with E-state index in [1.807, 2.05) is 12.1 Å². The number of rotatable bonds is 16. The predicted octanol–water partition coefficient (Wildman–Crippen LogP) is -4.53. The van der Waals surface area contributed by atoms with E-state index in [0.29, 0.717) is 10.9 Å². The number of fused-ring (bicyclic) bond motifs is 6. The van der Waals surface area contributed by atoms with Gasteiger partial charge in [-0.3, -0.25) is 62.9 Å². The molecule has 0 aromatic heterocycles. The Labute approximate surface area is 453 Å². The molecule has 28 nitrogen and oxygen atoms in total. The number of benzene rings is 2. The van der Waals surface area contributed by atoms with Crippen molar-refractivity contribution in [2.75, 3.05) is 70.0 Å². The highest BCUT2D eigenvalue weighted by atomic mass is 33.1. The minimum Gasteiger partial charge on any atom is -0.481 e. The van der Waals surface area contributed by atoms with E-state index >= 15 is 0 Å². The van der Waals surface area contributed by atoms with E-state index in [9.17, 15) is 67.7 Å². The summed E-state index contributed by atoms with van der Waals surface area (Å²) in [5, 5.41) is 53.2. The van der Waals surface area contributed by atoms with Crippen molar-refractivity contribution in [3.05, 3.63) is 48.0 Å². The molecule has 7 unspecified atom stereocenters. The van der Waals surface area contributed by atoms with E-state index in [-0.39, 0.29) is 56.4 Å². The van der Waals surface area contributed by atoms with Gasteiger partial charge in [-0.05, 0) is 29.2 Å². The van der Waals surface area contributed by atoms with Crippen molar-refractivity contribution in [2.24, 2.45) is 5.73 Å². The molecule has 77 heavy (non-hydrogen) atoms. The molecule has 2 saturated heterocycles. The first-order chi connectivity index (χ1) is 36.7. The first kappa shape index (κ1) is 62.2. The average Bonchev–Trinajstić information content (AvgIpc) is 3.38. The Kier molecular flexibility index (Phi) is 25.5. The van der Waals surface area contributed by atoms with E-state index in [0.717, 1.165) is 43.6 Å². The number of nitrogens with two attached hydrogens (primary N) is 1. The first-order valence-electron chi connectivity index (χ1n) is 23.9. The van der Waals surface area contributed by atoms with Crippen molar-refractivity contribution in [1.29, 1.82) is 5.41 Å². The second kappa shape index (κ2) is 31.6. The summed E-state index contributed by atoms with van der Waals surface area (Å²) in [5.41, 5.74) is 5.95. The number of thioether (sulfide) groups is 1. The maximum atomic E-state index is 14.6. The Balaban J connectivity index is 1.85. The molecule has 2 aliphatic rings. The van der Waals surface area contributed by atoms with Crippen LogP contribution in [-0.4, -0.2) is 204 Å². The summed E-state index contributed by atoms with van der Waals surface area (Å²) in [6, 6.07) is 0.982. The molecule has 2 aromatic rings. The molecule has 0 radical (unpaired) electrons. The van der Waals surface area contributed by atoms with Gasteiger partial charge in [-0.15, -0.1) is 11.8 Å². The third-order valence-corrected chi connectivity index (χ3v) is 15.0. The predicted molar refractivity (Wildman–Crippen MR) is 283 cm³/mol. The fourth-order valence-electron chi connectivity index (χ4n) is 7.63. The first-order valence-corrected chi connectivity index (χ1v) is 27.5. The Morgan fingerprint density at radius 2 is 1.35 bits per heavy atom. The normalized spacial score (nSPS) is 22.9. The molecule has 0 saturated carbocycles. The summed E-state index contributed by atoms with van der Waals surface area (Å²) in [7, 11) is 4.35. The summed E-state index contributed by atoms with van der Waals surface area (Å²) in [6.45, 7) is -1.09. The molecule has 10 amide bonds. The van der Waals surface area contributed by atoms with Crippen molar-refractivity contribution in [2.45, 2.75) is 74.4 Å². The molecular formula is C46H63N13O15S3. The molecule has 420 valence electrons. The van der Waals surface area contributed by atoms with Crippen molar-refractivity contribution in [3.8, 4) is 0 Å². The topological polar surface area (TPSA) is 428 Å². The molecular weight excluding hydrogens is 1070 g/mol. The summed E-state index contributed by atoms with van der Waals surface area (Å²) >= 11 is 0.760. The van der Waals surface area contributed by atoms with Crippen LogP contribution in [0.4, 0.5) is 0 Å². The van der Waals surface area contributed by atoms with E-state index in [2.05, 4.69) is 53.2 Å². The SMILES string of the molecule is COCCNC(=O)CNC(=O)C1CSCC(=O)NC(CC(=O)O)C(=O)NC2CSSCC(NC(=O)C(CC(=O)O)NC(=O)CNC(=O)C(CCCNC(=N)N)N(C)C2=O)C(=O)NC(Cc2cccc3ccccc23)C(=O)N1. The lowest BCUT2D eigenvalue weighted by Crippen LogP contribution is -2.60. The molecule has 0 spiro atoms. The van der Waals surface area contributed by atoms with Crippen LogP contribution in [0.1, 0.15) is 31.2 Å². The van der Waals surface area contributed by atoms with Gasteiger partial charge in [-0.1, -0.05) is 64.1 Å². The Morgan fingerprint density at radius 1 is 0.727 bits per heavy atom. The zero-order chi connectivity index (χ0) is 56.6. The van der Waals surface area contributed by atoms with E-state index in [1.54, 1.807) is 30.3 Å². The van der Waals surface area contributed by atoms with Crippen LogP contribution in [0.3, 0.4) is 0 Å². The van der Waals surface area contributed by atoms with Crippen LogP contribution in [0.15, 0.2) is 42.5 Å². The van der Waals surface area contributed by atoms with Gasteiger partial charge in [0.1, 0.15) is 42.3 Å². The lowest BCUT2D eigenvalue weighted by atomic mass is 9.98. The van der Waals surface area contributed by atoms with Gasteiger partial charge in [0.05, 0.1) is 38.3 Å². The smallest absolute Gasteiger partial charge is 0.305 e. The third kappa shape index (κ3) is 20.9. The maximum Gasteiger partial charge on any atom is 0.305 e. The van der Waals surface area contributed by atoms with Crippen LogP contribution >= 0.6 is 33.3 Å². The number of carbonyl (C=O) groups excluding carboxylic acids is 10. The molecule has 15 N–H and O–H groups in total. The van der Waals surface area contributed by atoms with Crippen LogP contribution < -0.4 is 58.9 Å². The van der Waals surface area contributed by atoms with E-state index < -0.39 is 151 Å². The summed E-state index contributed by atoms with van der Waals surface area (Å²) in [6.07, 6.45) is -2.23. The number of carboxylic acids is 2. The number of methoxy groups -OCH3 is 1. The van der Waals surface area contributed by atoms with Crippen LogP contribution in [-0.2, 0) is 68.7 Å². The fraction of sp³-hybridized carbons (Fsp3) is 0.500. The van der Waals surface area contributed by atoms with Crippen LogP contribution in [0.2, 0.25) is 0 Å². The van der Waals surface area contributed by atoms with Gasteiger partial charge in [0.15, 0.2) is 5.96 Å². The van der Waals surface area contributed by atoms with Gasteiger partial charge in [0.25, 0.3) is 0 Å². The molecule has 2 aromatic carbocycles. The zero-order valence-corrected chi connectivity index (χ0v) is 44.4. The Morgan fingerprint density at radius 3 is 2.01 bits per heavy atom. The van der Waals surface area contributed by atoms with Crippen molar-refractivity contribution in [1.82, 2.24) is 58.1 Å². The fourth-order valence-corrected chi connectivity index (χ4v) is 10.8.